The molecule has 1 aromatic rings. The van der Waals surface area contributed by atoms with Crippen LogP contribution >= 0.6 is 0 Å². The molecule has 78 valence electrons. The topological polar surface area (TPSA) is 74.2 Å². The predicted octanol–water partition coefficient (Wildman–Crippen LogP) is 1.20. The van der Waals surface area contributed by atoms with Gasteiger partial charge in [0.1, 0.15) is 0 Å². The molecule has 5 heteroatoms. The van der Waals surface area contributed by atoms with Crippen LogP contribution in [0.5, 0.6) is 6.08 Å². The lowest BCUT2D eigenvalue weighted by atomic mass is 9.99. The maximum absolute atomic E-state index is 6.15. The molecule has 0 unspecified atom stereocenters. The van der Waals surface area contributed by atoms with Gasteiger partial charge in [-0.05, 0) is 19.8 Å². The van der Waals surface area contributed by atoms with Crippen molar-refractivity contribution in [2.24, 2.45) is 5.73 Å². The lowest BCUT2D eigenvalue weighted by molar-refractivity contribution is 0.214. The Morgan fingerprint density at radius 2 is 2.21 bits per heavy atom. The molecule has 5 nitrogen and oxygen atoms in total. The van der Waals surface area contributed by atoms with Crippen molar-refractivity contribution in [3.8, 4) is 6.08 Å². The van der Waals surface area contributed by atoms with E-state index in [0.717, 1.165) is 25.7 Å². The van der Waals surface area contributed by atoms with Crippen molar-refractivity contribution in [2.75, 3.05) is 6.61 Å². The van der Waals surface area contributed by atoms with E-state index in [9.17, 15) is 0 Å². The van der Waals surface area contributed by atoms with Crippen LogP contribution in [0.4, 0.5) is 0 Å². The van der Waals surface area contributed by atoms with Crippen LogP contribution in [0.2, 0.25) is 0 Å². The second kappa shape index (κ2) is 3.57. The van der Waals surface area contributed by atoms with Gasteiger partial charge < -0.3 is 10.5 Å². The molecule has 0 radical (unpaired) electrons. The van der Waals surface area contributed by atoms with Crippen LogP contribution in [0.15, 0.2) is 4.52 Å². The first-order valence-corrected chi connectivity index (χ1v) is 5.00. The van der Waals surface area contributed by atoms with Gasteiger partial charge in [-0.15, -0.1) is 0 Å². The van der Waals surface area contributed by atoms with Gasteiger partial charge >= 0.3 is 6.08 Å². The molecule has 2 N–H and O–H groups in total. The number of nitrogens with zero attached hydrogens (tertiary/aromatic N) is 2. The van der Waals surface area contributed by atoms with Crippen molar-refractivity contribution in [1.82, 2.24) is 10.1 Å². The lowest BCUT2D eigenvalue weighted by Crippen LogP contribution is -2.34. The van der Waals surface area contributed by atoms with E-state index in [1.165, 1.54) is 0 Å². The van der Waals surface area contributed by atoms with Crippen molar-refractivity contribution in [2.45, 2.75) is 38.1 Å². The molecule has 0 atom stereocenters. The third-order valence-corrected chi connectivity index (χ3v) is 2.62. The minimum absolute atomic E-state index is 0.222. The fraction of sp³-hybridized carbons (Fsp3) is 0.778. The molecule has 14 heavy (non-hydrogen) atoms. The Kier molecular flexibility index (Phi) is 2.41. The van der Waals surface area contributed by atoms with Crippen molar-refractivity contribution in [3.05, 3.63) is 5.82 Å². The third kappa shape index (κ3) is 1.59. The van der Waals surface area contributed by atoms with Crippen LogP contribution in [-0.4, -0.2) is 16.7 Å². The highest BCUT2D eigenvalue weighted by Crippen LogP contribution is 2.35. The van der Waals surface area contributed by atoms with E-state index in [2.05, 4.69) is 10.1 Å². The summed E-state index contributed by atoms with van der Waals surface area (Å²) in [6.45, 7) is 2.40. The molecule has 0 amide bonds. The summed E-state index contributed by atoms with van der Waals surface area (Å²) in [5.41, 5.74) is 5.76. The molecule has 0 aliphatic heterocycles. The molecule has 1 heterocycles. The van der Waals surface area contributed by atoms with Gasteiger partial charge in [-0.3, -0.25) is 4.52 Å². The molecule has 1 aromatic heterocycles. The van der Waals surface area contributed by atoms with Crippen LogP contribution in [0.25, 0.3) is 0 Å². The molecule has 1 aliphatic carbocycles. The molecule has 0 spiro atoms. The Morgan fingerprint density at radius 1 is 1.50 bits per heavy atom. The Hall–Kier alpha value is -1.10. The molecular formula is C9H15N3O2. The van der Waals surface area contributed by atoms with Crippen LogP contribution in [0, 0.1) is 0 Å². The summed E-state index contributed by atoms with van der Waals surface area (Å²) in [6.07, 6.45) is 4.35. The Morgan fingerprint density at radius 3 is 2.86 bits per heavy atom. The van der Waals surface area contributed by atoms with Crippen molar-refractivity contribution >= 4 is 0 Å². The molecular weight excluding hydrogens is 182 g/mol. The van der Waals surface area contributed by atoms with Crippen LogP contribution in [0.1, 0.15) is 38.4 Å². The van der Waals surface area contributed by atoms with Gasteiger partial charge in [-0.25, -0.2) is 0 Å². The largest absolute Gasteiger partial charge is 0.449 e. The Balaban J connectivity index is 2.15. The minimum atomic E-state index is -0.390. The van der Waals surface area contributed by atoms with Crippen LogP contribution in [0.3, 0.4) is 0 Å². The molecule has 2 rings (SSSR count). The quantitative estimate of drug-likeness (QED) is 0.788. The van der Waals surface area contributed by atoms with E-state index in [1.807, 2.05) is 6.92 Å². The number of hydrogen-bond acceptors (Lipinski definition) is 5. The predicted molar refractivity (Wildman–Crippen MR) is 49.8 cm³/mol. The van der Waals surface area contributed by atoms with E-state index in [1.54, 1.807) is 0 Å². The molecule has 0 saturated heterocycles. The standard InChI is InChI=1S/C9H15N3O2/c1-2-13-8-11-7(12-14-8)9(10)5-3-4-6-9/h2-6,10H2,1H3. The molecule has 1 saturated carbocycles. The molecule has 1 aliphatic rings. The van der Waals surface area contributed by atoms with Gasteiger partial charge in [0.05, 0.1) is 12.1 Å². The maximum Gasteiger partial charge on any atom is 0.417 e. The highest BCUT2D eigenvalue weighted by molar-refractivity contribution is 5.07. The first-order valence-electron chi connectivity index (χ1n) is 5.00. The third-order valence-electron chi connectivity index (χ3n) is 2.62. The van der Waals surface area contributed by atoms with Gasteiger partial charge in [0.15, 0.2) is 5.82 Å². The molecule has 0 aromatic carbocycles. The average Bonchev–Trinajstić information content (AvgIpc) is 2.75. The van der Waals surface area contributed by atoms with Gasteiger partial charge in [0, 0.05) is 0 Å². The number of hydrogen-bond donors (Lipinski definition) is 1. The highest BCUT2D eigenvalue weighted by atomic mass is 16.6. The molecule has 0 bridgehead atoms. The molecule has 1 fully saturated rings. The van der Waals surface area contributed by atoms with E-state index in [4.69, 9.17) is 15.0 Å². The van der Waals surface area contributed by atoms with E-state index in [0.29, 0.717) is 12.4 Å². The normalized spacial score (nSPS) is 19.9. The second-order valence-electron chi connectivity index (χ2n) is 3.68. The summed E-state index contributed by atoms with van der Waals surface area (Å²) in [4.78, 5) is 4.13. The van der Waals surface area contributed by atoms with E-state index >= 15 is 0 Å². The fourth-order valence-corrected chi connectivity index (χ4v) is 1.82. The van der Waals surface area contributed by atoms with Gasteiger partial charge in [0.25, 0.3) is 0 Å². The summed E-state index contributed by atoms with van der Waals surface area (Å²) in [7, 11) is 0. The lowest BCUT2D eigenvalue weighted by Gasteiger charge is -2.17. The summed E-state index contributed by atoms with van der Waals surface area (Å²) in [5, 5.41) is 3.85. The minimum Gasteiger partial charge on any atom is -0.449 e. The SMILES string of the molecule is CCOc1nc(C2(N)CCCC2)no1. The van der Waals surface area contributed by atoms with Crippen molar-refractivity contribution in [3.63, 3.8) is 0 Å². The van der Waals surface area contributed by atoms with Gasteiger partial charge in [-0.1, -0.05) is 18.0 Å². The zero-order valence-electron chi connectivity index (χ0n) is 8.32. The highest BCUT2D eigenvalue weighted by Gasteiger charge is 2.36. The van der Waals surface area contributed by atoms with Crippen molar-refractivity contribution < 1.29 is 9.26 Å². The van der Waals surface area contributed by atoms with Gasteiger partial charge in [0.2, 0.25) is 0 Å². The van der Waals surface area contributed by atoms with Crippen molar-refractivity contribution in [1.29, 1.82) is 0 Å². The van der Waals surface area contributed by atoms with Crippen LogP contribution in [-0.2, 0) is 5.54 Å². The number of rotatable bonds is 3. The first-order chi connectivity index (χ1) is 6.74. The summed E-state index contributed by atoms with van der Waals surface area (Å²) >= 11 is 0. The smallest absolute Gasteiger partial charge is 0.417 e. The zero-order chi connectivity index (χ0) is 10.0. The Bertz CT molecular complexity index is 305. The average molecular weight is 197 g/mol. The second-order valence-corrected chi connectivity index (χ2v) is 3.68. The summed E-state index contributed by atoms with van der Waals surface area (Å²) in [6, 6.07) is 0. The number of nitrogens with two attached hydrogens (primary N) is 1. The van der Waals surface area contributed by atoms with Crippen LogP contribution < -0.4 is 10.5 Å². The zero-order valence-corrected chi connectivity index (χ0v) is 8.32. The van der Waals surface area contributed by atoms with Gasteiger partial charge in [-0.2, -0.15) is 4.98 Å². The fourth-order valence-electron chi connectivity index (χ4n) is 1.82. The maximum atomic E-state index is 6.15. The van der Waals surface area contributed by atoms with E-state index in [-0.39, 0.29) is 6.08 Å². The Labute approximate surface area is 82.6 Å². The number of ether oxygens (including phenoxy) is 1. The number of aromatic nitrogens is 2. The summed E-state index contributed by atoms with van der Waals surface area (Å²) < 4.78 is 10.0. The monoisotopic (exact) mass is 197 g/mol. The summed E-state index contributed by atoms with van der Waals surface area (Å²) in [5.74, 6) is 0.582. The first kappa shape index (κ1) is 9.45. The van der Waals surface area contributed by atoms with E-state index < -0.39 is 5.54 Å².